The van der Waals surface area contributed by atoms with E-state index < -0.39 is 78.5 Å². The number of carbonyl (C=O) groups is 1. The fourth-order valence-electron chi connectivity index (χ4n) is 8.11. The van der Waals surface area contributed by atoms with Gasteiger partial charge < -0.3 is 40.3 Å². The van der Waals surface area contributed by atoms with Crippen molar-refractivity contribution in [3.05, 3.63) is 0 Å². The maximum absolute atomic E-state index is 13.1. The van der Waals surface area contributed by atoms with Crippen molar-refractivity contribution in [2.75, 3.05) is 13.2 Å². The van der Waals surface area contributed by atoms with E-state index in [2.05, 4.69) is 23.3 Å². The molecule has 7 N–H and O–H groups in total. The molecule has 1 aliphatic heterocycles. The van der Waals surface area contributed by atoms with Crippen LogP contribution in [0, 0.1) is 0 Å². The third-order valence-electron chi connectivity index (χ3n) is 12.0. The second-order valence-corrected chi connectivity index (χ2v) is 18.6. The summed E-state index contributed by atoms with van der Waals surface area (Å²) in [4.78, 5) is 13.1. The fraction of sp³-hybridized carbons (Fsp3) is 0.978. The van der Waals surface area contributed by atoms with Crippen molar-refractivity contribution < 1.29 is 57.0 Å². The molecular formula is C46H91NO12S. The minimum absolute atomic E-state index is 0.265. The largest absolute Gasteiger partial charge is 0.397 e. The Hall–Kier alpha value is -0.940. The van der Waals surface area contributed by atoms with Crippen molar-refractivity contribution in [1.29, 1.82) is 0 Å². The lowest BCUT2D eigenvalue weighted by atomic mass is 9.99. The van der Waals surface area contributed by atoms with Gasteiger partial charge in [-0.15, -0.1) is 0 Å². The highest BCUT2D eigenvalue weighted by Crippen LogP contribution is 2.26. The highest BCUT2D eigenvalue weighted by molar-refractivity contribution is 7.80. The first-order chi connectivity index (χ1) is 28.9. The van der Waals surface area contributed by atoms with Crippen molar-refractivity contribution in [2.45, 2.75) is 275 Å². The van der Waals surface area contributed by atoms with Crippen LogP contribution in [0.15, 0.2) is 0 Å². The first-order valence-corrected chi connectivity index (χ1v) is 25.9. The number of aliphatic hydroxyl groups excluding tert-OH is 5. The van der Waals surface area contributed by atoms with Gasteiger partial charge in [0, 0.05) is 0 Å². The fourth-order valence-corrected chi connectivity index (χ4v) is 8.62. The molecule has 8 atom stereocenters. The molecule has 0 aromatic heterocycles. The Morgan fingerprint density at radius 3 is 1.33 bits per heavy atom. The second kappa shape index (κ2) is 37.4. The first kappa shape index (κ1) is 57.1. The summed E-state index contributed by atoms with van der Waals surface area (Å²) in [6.45, 7) is 3.28. The molecule has 0 aromatic rings. The van der Waals surface area contributed by atoms with E-state index >= 15 is 0 Å². The Labute approximate surface area is 365 Å². The van der Waals surface area contributed by atoms with Gasteiger partial charge in [-0.2, -0.15) is 8.42 Å². The van der Waals surface area contributed by atoms with Gasteiger partial charge >= 0.3 is 10.4 Å². The van der Waals surface area contributed by atoms with Crippen LogP contribution in [0.2, 0.25) is 0 Å². The predicted molar refractivity (Wildman–Crippen MR) is 238 cm³/mol. The Kier molecular flexibility index (Phi) is 35.6. The average Bonchev–Trinajstić information content (AvgIpc) is 3.22. The summed E-state index contributed by atoms with van der Waals surface area (Å²) in [6, 6.07) is -1.03. The maximum Gasteiger partial charge on any atom is 0.397 e. The van der Waals surface area contributed by atoms with Gasteiger partial charge in [0.25, 0.3) is 0 Å². The van der Waals surface area contributed by atoms with E-state index in [1.807, 2.05) is 0 Å². The van der Waals surface area contributed by atoms with Crippen LogP contribution in [0.5, 0.6) is 0 Å². The first-order valence-electron chi connectivity index (χ1n) is 24.5. The molecular weight excluding hydrogens is 791 g/mol. The Balaban J connectivity index is 2.49. The minimum Gasteiger partial charge on any atom is -0.394 e. The van der Waals surface area contributed by atoms with Gasteiger partial charge in [0.1, 0.15) is 30.5 Å². The molecule has 0 spiro atoms. The molecule has 0 radical (unpaired) electrons. The number of aliphatic hydroxyl groups is 5. The van der Waals surface area contributed by atoms with E-state index in [-0.39, 0.29) is 6.42 Å². The standard InChI is InChI=1S/C46H91NO12S/c1-3-5-7-9-11-13-15-16-17-18-19-20-21-22-23-25-26-28-30-32-34-39(49)38(37-57-46-43(52)44(59-60(54,55)56)42(51)41(36-48)58-46)47-45(53)40(50)35-33-31-29-27-24-14-12-10-8-6-4-2/h38-44,46,48-52H,3-37H2,1-2H3,(H,47,53)(H,54,55,56). The van der Waals surface area contributed by atoms with Crippen molar-refractivity contribution in [2.24, 2.45) is 0 Å². The third-order valence-corrected chi connectivity index (χ3v) is 12.5. The highest BCUT2D eigenvalue weighted by Gasteiger charge is 2.48. The summed E-state index contributed by atoms with van der Waals surface area (Å²) in [7, 11) is -5.11. The molecule has 1 aliphatic rings. The van der Waals surface area contributed by atoms with E-state index in [9.17, 15) is 43.3 Å². The average molecular weight is 882 g/mol. The van der Waals surface area contributed by atoms with Crippen LogP contribution in [0.4, 0.5) is 0 Å². The SMILES string of the molecule is CCCCCCCCCCCCCCCCCCCCCCC(O)C(COC1OC(CO)C(O)C(OS(=O)(=O)O)C1O)NC(=O)C(O)CCCCCCCCCCCCC. The van der Waals surface area contributed by atoms with Gasteiger partial charge in [0.05, 0.1) is 25.4 Å². The summed E-state index contributed by atoms with van der Waals surface area (Å²) in [6.07, 6.45) is 27.2. The lowest BCUT2D eigenvalue weighted by Gasteiger charge is -2.41. The molecule has 0 aliphatic carbocycles. The minimum atomic E-state index is -5.11. The number of hydrogen-bond donors (Lipinski definition) is 7. The van der Waals surface area contributed by atoms with Crippen LogP contribution < -0.4 is 5.32 Å². The number of rotatable bonds is 42. The van der Waals surface area contributed by atoms with Gasteiger partial charge in [0.2, 0.25) is 5.91 Å². The zero-order valence-electron chi connectivity index (χ0n) is 37.9. The van der Waals surface area contributed by atoms with Gasteiger partial charge in [-0.1, -0.05) is 213 Å². The van der Waals surface area contributed by atoms with Crippen LogP contribution in [0.25, 0.3) is 0 Å². The van der Waals surface area contributed by atoms with E-state index in [4.69, 9.17) is 9.47 Å². The van der Waals surface area contributed by atoms with Crippen LogP contribution in [-0.4, -0.2) is 107 Å². The molecule has 1 amide bonds. The van der Waals surface area contributed by atoms with E-state index in [0.29, 0.717) is 19.3 Å². The number of nitrogens with one attached hydrogen (secondary N) is 1. The molecule has 0 aromatic carbocycles. The highest BCUT2D eigenvalue weighted by atomic mass is 32.3. The van der Waals surface area contributed by atoms with Crippen LogP contribution in [-0.2, 0) is 28.9 Å². The normalized spacial score (nSPS) is 21.2. The van der Waals surface area contributed by atoms with Crippen molar-refractivity contribution >= 4 is 16.3 Å². The summed E-state index contributed by atoms with van der Waals surface area (Å²) in [5, 5.41) is 55.4. The molecule has 358 valence electrons. The molecule has 1 saturated heterocycles. The van der Waals surface area contributed by atoms with Crippen molar-refractivity contribution in [3.8, 4) is 0 Å². The molecule has 1 rings (SSSR count). The zero-order chi connectivity index (χ0) is 44.3. The number of carbonyl (C=O) groups excluding carboxylic acids is 1. The van der Waals surface area contributed by atoms with Crippen molar-refractivity contribution in [3.63, 3.8) is 0 Å². The molecule has 1 fully saturated rings. The van der Waals surface area contributed by atoms with E-state index in [1.165, 1.54) is 148 Å². The molecule has 14 heteroatoms. The third kappa shape index (κ3) is 29.4. The van der Waals surface area contributed by atoms with Gasteiger partial charge in [0.15, 0.2) is 6.29 Å². The molecule has 8 unspecified atom stereocenters. The van der Waals surface area contributed by atoms with Crippen LogP contribution in [0.1, 0.15) is 226 Å². The number of ether oxygens (including phenoxy) is 2. The number of hydrogen-bond acceptors (Lipinski definition) is 11. The molecule has 13 nitrogen and oxygen atoms in total. The summed E-state index contributed by atoms with van der Waals surface area (Å²) in [5.74, 6) is -0.667. The van der Waals surface area contributed by atoms with Crippen molar-refractivity contribution in [1.82, 2.24) is 5.32 Å². The Morgan fingerprint density at radius 1 is 0.600 bits per heavy atom. The van der Waals surface area contributed by atoms with E-state index in [1.54, 1.807) is 0 Å². The lowest BCUT2D eigenvalue weighted by molar-refractivity contribution is -0.298. The van der Waals surface area contributed by atoms with Crippen LogP contribution in [0.3, 0.4) is 0 Å². The van der Waals surface area contributed by atoms with Crippen LogP contribution >= 0.6 is 0 Å². The number of amides is 1. The van der Waals surface area contributed by atoms with Gasteiger partial charge in [-0.05, 0) is 12.8 Å². The quantitative estimate of drug-likeness (QED) is 0.0227. The molecule has 0 saturated carbocycles. The number of unbranched alkanes of at least 4 members (excludes halogenated alkanes) is 29. The van der Waals surface area contributed by atoms with Gasteiger partial charge in [-0.25, -0.2) is 4.18 Å². The smallest absolute Gasteiger partial charge is 0.394 e. The summed E-state index contributed by atoms with van der Waals surface area (Å²) < 4.78 is 47.6. The lowest BCUT2D eigenvalue weighted by Crippen LogP contribution is -2.61. The Bertz CT molecular complexity index is 1100. The summed E-state index contributed by atoms with van der Waals surface area (Å²) >= 11 is 0. The predicted octanol–water partition coefficient (Wildman–Crippen LogP) is 8.75. The monoisotopic (exact) mass is 882 g/mol. The topological polar surface area (TPSA) is 212 Å². The molecule has 60 heavy (non-hydrogen) atoms. The molecule has 0 bridgehead atoms. The van der Waals surface area contributed by atoms with E-state index in [0.717, 1.165) is 38.5 Å². The second-order valence-electron chi connectivity index (χ2n) is 17.6. The summed E-state index contributed by atoms with van der Waals surface area (Å²) in [5.41, 5.74) is 0. The zero-order valence-corrected chi connectivity index (χ0v) is 38.7. The molecule has 1 heterocycles. The Morgan fingerprint density at radius 2 is 0.967 bits per heavy atom. The maximum atomic E-state index is 13.1. The van der Waals surface area contributed by atoms with Gasteiger partial charge in [-0.3, -0.25) is 9.35 Å².